The van der Waals surface area contributed by atoms with Crippen LogP contribution in [0.5, 0.6) is 0 Å². The number of ether oxygens (including phenoxy) is 1. The quantitative estimate of drug-likeness (QED) is 0.534. The minimum absolute atomic E-state index is 0.357. The largest absolute Gasteiger partial charge is 0.735 e. The molecular weight excluding hydrogens is 237 g/mol. The maximum absolute atomic E-state index is 10.8. The van der Waals surface area contributed by atoms with Crippen molar-refractivity contribution in [2.75, 3.05) is 26.3 Å². The Morgan fingerprint density at radius 2 is 1.93 bits per heavy atom. The monoisotopic (exact) mass is 246 g/mol. The molecule has 1 N–H and O–H groups in total. The minimum Gasteiger partial charge on any atom is -0.379 e. The molecule has 0 aromatic rings. The SMILES string of the molecule is O=[P+](ON1CCOCC1)OS(=O)(=O)O. The van der Waals surface area contributed by atoms with Gasteiger partial charge in [0.15, 0.2) is 0 Å². The van der Waals surface area contributed by atoms with E-state index in [1.165, 1.54) is 5.06 Å². The third-order valence-corrected chi connectivity index (χ3v) is 2.91. The lowest BCUT2D eigenvalue weighted by atomic mass is 10.5. The lowest BCUT2D eigenvalue weighted by molar-refractivity contribution is -0.118. The van der Waals surface area contributed by atoms with E-state index in [9.17, 15) is 13.0 Å². The molecule has 0 radical (unpaired) electrons. The topological polar surface area (TPSA) is 102 Å². The van der Waals surface area contributed by atoms with Gasteiger partial charge in [0.2, 0.25) is 0 Å². The summed E-state index contributed by atoms with van der Waals surface area (Å²) in [4.78, 5) is 0. The van der Waals surface area contributed by atoms with Gasteiger partial charge in [-0.05, 0) is 4.62 Å². The van der Waals surface area contributed by atoms with E-state index in [1.54, 1.807) is 0 Å². The lowest BCUT2D eigenvalue weighted by Crippen LogP contribution is -2.34. The van der Waals surface area contributed by atoms with Crippen LogP contribution in [0.25, 0.3) is 0 Å². The van der Waals surface area contributed by atoms with E-state index in [2.05, 4.69) is 8.59 Å². The second-order valence-electron chi connectivity index (χ2n) is 2.35. The fraction of sp³-hybridized carbons (Fsp3) is 1.00. The highest BCUT2D eigenvalue weighted by Crippen LogP contribution is 2.27. The molecule has 8 nitrogen and oxygen atoms in total. The summed E-state index contributed by atoms with van der Waals surface area (Å²) in [6, 6.07) is 0. The highest BCUT2D eigenvalue weighted by atomic mass is 32.3. The van der Waals surface area contributed by atoms with Crippen molar-refractivity contribution in [2.45, 2.75) is 0 Å². The van der Waals surface area contributed by atoms with Crippen molar-refractivity contribution in [1.29, 1.82) is 0 Å². The summed E-state index contributed by atoms with van der Waals surface area (Å²) in [5.41, 5.74) is 0. The number of hydroxylamine groups is 2. The molecule has 0 spiro atoms. The molecule has 1 aliphatic heterocycles. The van der Waals surface area contributed by atoms with Crippen molar-refractivity contribution < 1.29 is 30.9 Å². The van der Waals surface area contributed by atoms with Crippen LogP contribution in [0, 0.1) is 0 Å². The van der Waals surface area contributed by atoms with E-state index in [4.69, 9.17) is 9.29 Å². The van der Waals surface area contributed by atoms with E-state index in [0.717, 1.165) is 0 Å². The summed E-state index contributed by atoms with van der Waals surface area (Å²) in [6.07, 6.45) is 0. The van der Waals surface area contributed by atoms with E-state index < -0.39 is 18.7 Å². The van der Waals surface area contributed by atoms with Crippen LogP contribution in [0.1, 0.15) is 0 Å². The van der Waals surface area contributed by atoms with Crippen LogP contribution in [0.2, 0.25) is 0 Å². The maximum Gasteiger partial charge on any atom is 0.735 e. The number of hydrogen-bond donors (Lipinski definition) is 1. The van der Waals surface area contributed by atoms with Crippen LogP contribution in [0.15, 0.2) is 0 Å². The Morgan fingerprint density at radius 1 is 1.36 bits per heavy atom. The smallest absolute Gasteiger partial charge is 0.379 e. The first kappa shape index (κ1) is 11.9. The van der Waals surface area contributed by atoms with Crippen LogP contribution in [-0.4, -0.2) is 44.3 Å². The summed E-state index contributed by atoms with van der Waals surface area (Å²) < 4.78 is 52.4. The van der Waals surface area contributed by atoms with Gasteiger partial charge in [0, 0.05) is 8.54 Å². The van der Waals surface area contributed by atoms with E-state index in [-0.39, 0.29) is 0 Å². The Bertz CT molecular complexity index is 297. The standard InChI is InChI=1S/C4H8NO7PS/c6-13(12-14(7,8)9)11-5-1-3-10-4-2-5/h1-4H2/p+1. The van der Waals surface area contributed by atoms with Gasteiger partial charge in [-0.1, -0.05) is 0 Å². The molecule has 14 heavy (non-hydrogen) atoms. The highest BCUT2D eigenvalue weighted by molar-refractivity contribution is 7.84. The van der Waals surface area contributed by atoms with Gasteiger partial charge in [-0.25, -0.2) is 0 Å². The van der Waals surface area contributed by atoms with Gasteiger partial charge >= 0.3 is 18.7 Å². The van der Waals surface area contributed by atoms with Gasteiger partial charge in [0.1, 0.15) is 0 Å². The zero-order chi connectivity index (χ0) is 10.6. The molecule has 0 aromatic carbocycles. The molecule has 0 aliphatic carbocycles. The third-order valence-electron chi connectivity index (χ3n) is 1.31. The molecule has 0 bridgehead atoms. The first-order valence-electron chi connectivity index (χ1n) is 3.62. The molecule has 0 saturated carbocycles. The molecule has 0 aromatic heterocycles. The summed E-state index contributed by atoms with van der Waals surface area (Å²) in [5, 5.41) is 1.24. The number of rotatable bonds is 4. The summed E-state index contributed by atoms with van der Waals surface area (Å²) >= 11 is 0. The van der Waals surface area contributed by atoms with Gasteiger partial charge in [-0.3, -0.25) is 4.55 Å². The second kappa shape index (κ2) is 5.08. The number of nitrogens with zero attached hydrogens (tertiary/aromatic N) is 1. The molecule has 0 amide bonds. The summed E-state index contributed by atoms with van der Waals surface area (Å²) in [6.45, 7) is 1.51. The molecule has 1 aliphatic rings. The lowest BCUT2D eigenvalue weighted by Gasteiger charge is -2.19. The molecule has 1 fully saturated rings. The van der Waals surface area contributed by atoms with Crippen LogP contribution < -0.4 is 0 Å². The molecule has 1 heterocycles. The Balaban J connectivity index is 2.32. The molecule has 1 atom stereocenters. The van der Waals surface area contributed by atoms with Gasteiger partial charge in [0.05, 0.1) is 26.3 Å². The normalized spacial score (nSPS) is 20.8. The minimum atomic E-state index is -4.74. The van der Waals surface area contributed by atoms with Crippen molar-refractivity contribution in [3.8, 4) is 0 Å². The van der Waals surface area contributed by atoms with Gasteiger partial charge in [-0.15, -0.1) is 5.06 Å². The average molecular weight is 246 g/mol. The van der Waals surface area contributed by atoms with Crippen molar-refractivity contribution in [1.82, 2.24) is 5.06 Å². The highest BCUT2D eigenvalue weighted by Gasteiger charge is 2.34. The Labute approximate surface area is 81.6 Å². The predicted molar refractivity (Wildman–Crippen MR) is 43.7 cm³/mol. The predicted octanol–water partition coefficient (Wildman–Crippen LogP) is -0.273. The Hall–Kier alpha value is -0.150. The van der Waals surface area contributed by atoms with Crippen LogP contribution in [0.3, 0.4) is 0 Å². The fourth-order valence-electron chi connectivity index (χ4n) is 0.813. The van der Waals surface area contributed by atoms with Crippen molar-refractivity contribution in [3.63, 3.8) is 0 Å². The van der Waals surface area contributed by atoms with Gasteiger partial charge in [-0.2, -0.15) is 8.42 Å². The fourth-order valence-corrected chi connectivity index (χ4v) is 1.89. The van der Waals surface area contributed by atoms with Crippen LogP contribution in [0.4, 0.5) is 0 Å². The number of hydrogen-bond acceptors (Lipinski definition) is 7. The van der Waals surface area contributed by atoms with E-state index in [0.29, 0.717) is 26.3 Å². The zero-order valence-corrected chi connectivity index (χ0v) is 8.74. The molecular formula is C4H9NO7PS+. The number of morpholine rings is 1. The maximum atomic E-state index is 10.8. The van der Waals surface area contributed by atoms with Gasteiger partial charge < -0.3 is 4.74 Å². The average Bonchev–Trinajstić information content (AvgIpc) is 2.02. The molecule has 82 valence electrons. The van der Waals surface area contributed by atoms with Crippen LogP contribution in [-0.2, 0) is 28.3 Å². The van der Waals surface area contributed by atoms with Crippen molar-refractivity contribution in [3.05, 3.63) is 0 Å². The Morgan fingerprint density at radius 3 is 2.43 bits per heavy atom. The van der Waals surface area contributed by atoms with E-state index in [1.807, 2.05) is 0 Å². The first-order chi connectivity index (χ1) is 6.47. The third kappa shape index (κ3) is 4.91. The molecule has 10 heteroatoms. The first-order valence-corrected chi connectivity index (χ1v) is 6.08. The van der Waals surface area contributed by atoms with E-state index >= 15 is 0 Å². The summed E-state index contributed by atoms with van der Waals surface area (Å²) in [5.74, 6) is 0. The van der Waals surface area contributed by atoms with Crippen molar-refractivity contribution in [2.24, 2.45) is 0 Å². The second-order valence-corrected chi connectivity index (χ2v) is 4.41. The zero-order valence-electron chi connectivity index (χ0n) is 7.03. The molecule has 1 rings (SSSR count). The van der Waals surface area contributed by atoms with Crippen molar-refractivity contribution >= 4 is 18.7 Å². The molecule has 1 unspecified atom stereocenters. The summed E-state index contributed by atoms with van der Waals surface area (Å²) in [7, 11) is -7.65. The molecule has 1 saturated heterocycles. The Kier molecular flexibility index (Phi) is 4.32. The van der Waals surface area contributed by atoms with Gasteiger partial charge in [0.25, 0.3) is 0 Å². The van der Waals surface area contributed by atoms with Crippen LogP contribution >= 0.6 is 8.25 Å².